The Morgan fingerprint density at radius 1 is 0.806 bits per heavy atom. The lowest BCUT2D eigenvalue weighted by Gasteiger charge is -2.14. The zero-order chi connectivity index (χ0) is 23.1. The monoisotopic (exact) mass is 758 g/mol. The van der Waals surface area contributed by atoms with E-state index in [4.69, 9.17) is 9.47 Å². The lowest BCUT2D eigenvalue weighted by Crippen LogP contribution is -2.07. The van der Waals surface area contributed by atoms with Gasteiger partial charge in [0, 0.05) is 54.6 Å². The minimum atomic E-state index is 0.220. The van der Waals surface area contributed by atoms with Crippen LogP contribution in [-0.2, 0) is 13.1 Å². The first kappa shape index (κ1) is 26.8. The Balaban J connectivity index is 0.000000204. The molecule has 0 saturated heterocycles. The summed E-state index contributed by atoms with van der Waals surface area (Å²) in [4.78, 5) is 8.65. The van der Waals surface area contributed by atoms with E-state index in [1.165, 1.54) is 33.4 Å². The van der Waals surface area contributed by atoms with Crippen LogP contribution in [0.15, 0.2) is 34.3 Å². The van der Waals surface area contributed by atoms with Crippen molar-refractivity contribution >= 4 is 69.8 Å². The Hall–Kier alpha value is -0.430. The molecule has 0 aliphatic carbocycles. The first-order valence-corrected chi connectivity index (χ1v) is 17.6. The van der Waals surface area contributed by atoms with Gasteiger partial charge < -0.3 is 9.47 Å². The van der Waals surface area contributed by atoms with Crippen LogP contribution < -0.4 is 9.47 Å². The van der Waals surface area contributed by atoms with Crippen LogP contribution in [0.1, 0.15) is 61.1 Å². The fraction of sp³-hybridized carbons (Fsp3) is 0.417. The molecule has 0 saturated carbocycles. The fourth-order valence-electron chi connectivity index (χ4n) is 3.34. The molecule has 2 aromatic carbocycles. The van der Waals surface area contributed by atoms with E-state index in [1.54, 1.807) is 0 Å². The van der Waals surface area contributed by atoms with Crippen molar-refractivity contribution in [2.75, 3.05) is 0 Å². The molecule has 0 atom stereocenters. The second-order valence-corrected chi connectivity index (χ2v) is 9.02. The number of halogens is 3. The summed E-state index contributed by atoms with van der Waals surface area (Å²) in [5, 5.41) is 0. The SMILES string of the molecule is Cc1cc2c(cc1OC(C)C)C(I)=NC2.Cc1cc2c(cc1OC(C)C)C=NC2.II. The number of fused-ring (bicyclic) bond motifs is 2. The molecule has 7 heteroatoms. The number of rotatable bonds is 4. The van der Waals surface area contributed by atoms with E-state index < -0.39 is 0 Å². The lowest BCUT2D eigenvalue weighted by atomic mass is 10.1. The van der Waals surface area contributed by atoms with Gasteiger partial charge in [-0.1, -0.05) is 0 Å². The van der Waals surface area contributed by atoms with Gasteiger partial charge in [0.2, 0.25) is 0 Å². The second kappa shape index (κ2) is 12.7. The zero-order valence-corrected chi connectivity index (χ0v) is 25.3. The van der Waals surface area contributed by atoms with Gasteiger partial charge in [-0.05, 0) is 111 Å². The maximum absolute atomic E-state index is 5.76. The Morgan fingerprint density at radius 2 is 1.35 bits per heavy atom. The number of nitrogens with zero attached hydrogens (tertiary/aromatic N) is 2. The molecule has 31 heavy (non-hydrogen) atoms. The van der Waals surface area contributed by atoms with E-state index in [2.05, 4.69) is 108 Å². The number of aryl methyl sites for hydroxylation is 2. The summed E-state index contributed by atoms with van der Waals surface area (Å²) in [6, 6.07) is 8.55. The minimum Gasteiger partial charge on any atom is -0.491 e. The molecule has 4 rings (SSSR count). The van der Waals surface area contributed by atoms with Gasteiger partial charge in [-0.25, -0.2) is 0 Å². The quantitative estimate of drug-likeness (QED) is 0.297. The maximum Gasteiger partial charge on any atom is 0.123 e. The van der Waals surface area contributed by atoms with Crippen molar-refractivity contribution in [3.05, 3.63) is 57.6 Å². The first-order valence-electron chi connectivity index (χ1n) is 10.2. The molecule has 2 aliphatic heterocycles. The molecule has 4 nitrogen and oxygen atoms in total. The third-order valence-electron chi connectivity index (χ3n) is 4.67. The van der Waals surface area contributed by atoms with Gasteiger partial charge in [-0.3, -0.25) is 9.98 Å². The third-order valence-corrected chi connectivity index (χ3v) is 5.59. The van der Waals surface area contributed by atoms with Gasteiger partial charge in [0.05, 0.1) is 25.3 Å². The molecule has 0 radical (unpaired) electrons. The van der Waals surface area contributed by atoms with Crippen LogP contribution in [0.5, 0.6) is 11.5 Å². The van der Waals surface area contributed by atoms with Gasteiger partial charge in [0.15, 0.2) is 0 Å². The highest BCUT2D eigenvalue weighted by atomic mass is 128. The molecule has 0 amide bonds. The Kier molecular flexibility index (Phi) is 11.0. The first-order chi connectivity index (χ1) is 14.7. The standard InChI is InChI=1S/C12H14INO.C12H15NO.I2/c1-7(2)15-11-5-10-9(4-8(11)3)6-14-12(10)13;1-8(2)14-12-5-11-7-13-6-10(11)4-9(12)3;1-2/h4-5,7H,6H2,1-3H3;4-5,7-8H,6H2,1-3H3;. The topological polar surface area (TPSA) is 43.2 Å². The van der Waals surface area contributed by atoms with E-state index in [9.17, 15) is 0 Å². The van der Waals surface area contributed by atoms with Crippen molar-refractivity contribution in [1.82, 2.24) is 0 Å². The van der Waals surface area contributed by atoms with Crippen LogP contribution in [0.25, 0.3) is 0 Å². The van der Waals surface area contributed by atoms with Crippen molar-refractivity contribution in [1.29, 1.82) is 0 Å². The second-order valence-electron chi connectivity index (χ2n) is 8.00. The highest BCUT2D eigenvalue weighted by Crippen LogP contribution is 2.30. The van der Waals surface area contributed by atoms with Crippen LogP contribution in [0.3, 0.4) is 0 Å². The van der Waals surface area contributed by atoms with E-state index >= 15 is 0 Å². The van der Waals surface area contributed by atoms with E-state index in [0.717, 1.165) is 28.3 Å². The zero-order valence-electron chi connectivity index (χ0n) is 18.8. The molecule has 0 unspecified atom stereocenters. The highest BCUT2D eigenvalue weighted by Gasteiger charge is 2.16. The summed E-state index contributed by atoms with van der Waals surface area (Å²) in [6.45, 7) is 14.0. The number of ether oxygens (including phenoxy) is 2. The van der Waals surface area contributed by atoms with Crippen LogP contribution in [0, 0.1) is 13.8 Å². The van der Waals surface area contributed by atoms with Crippen LogP contribution in [-0.4, -0.2) is 22.1 Å². The normalized spacial score (nSPS) is 13.1. The Morgan fingerprint density at radius 3 is 1.94 bits per heavy atom. The molecule has 0 aromatic heterocycles. The average molecular weight is 758 g/mol. The Bertz CT molecular complexity index is 970. The molecule has 0 bridgehead atoms. The largest absolute Gasteiger partial charge is 0.491 e. The molecule has 2 heterocycles. The van der Waals surface area contributed by atoms with E-state index in [0.29, 0.717) is 0 Å². The van der Waals surface area contributed by atoms with E-state index in [1.807, 2.05) is 33.9 Å². The molecule has 2 aromatic rings. The predicted octanol–water partition coefficient (Wildman–Crippen LogP) is 7.96. The molecule has 0 spiro atoms. The predicted molar refractivity (Wildman–Crippen MR) is 157 cm³/mol. The van der Waals surface area contributed by atoms with Crippen LogP contribution in [0.2, 0.25) is 0 Å². The summed E-state index contributed by atoms with van der Waals surface area (Å²) in [6.07, 6.45) is 2.37. The molecular formula is C24H29I3N2O2. The molecule has 0 fully saturated rings. The number of aliphatic imine (C=N–C) groups is 2. The number of benzene rings is 2. The van der Waals surface area contributed by atoms with Crippen molar-refractivity contribution in [2.24, 2.45) is 9.98 Å². The smallest absolute Gasteiger partial charge is 0.123 e. The van der Waals surface area contributed by atoms with Gasteiger partial charge in [-0.2, -0.15) is 0 Å². The van der Waals surface area contributed by atoms with E-state index in [-0.39, 0.29) is 12.2 Å². The summed E-state index contributed by atoms with van der Waals surface area (Å²) < 4.78 is 12.6. The molecule has 2 aliphatic rings. The van der Waals surface area contributed by atoms with Crippen LogP contribution >= 0.6 is 59.8 Å². The summed E-state index contributed by atoms with van der Waals surface area (Å²) in [5.74, 6) is 1.96. The average Bonchev–Trinajstić information content (AvgIpc) is 3.30. The fourth-order valence-corrected chi connectivity index (χ4v) is 4.01. The minimum absolute atomic E-state index is 0.220. The van der Waals surface area contributed by atoms with Crippen molar-refractivity contribution in [2.45, 2.75) is 66.8 Å². The Labute approximate surface area is 223 Å². The number of hydrogen-bond donors (Lipinski definition) is 0. The lowest BCUT2D eigenvalue weighted by molar-refractivity contribution is 0.240. The summed E-state index contributed by atoms with van der Waals surface area (Å²) in [5.41, 5.74) is 7.45. The van der Waals surface area contributed by atoms with Gasteiger partial charge >= 0.3 is 0 Å². The van der Waals surface area contributed by atoms with Gasteiger partial charge in [-0.15, -0.1) is 0 Å². The van der Waals surface area contributed by atoms with Crippen LogP contribution in [0.4, 0.5) is 0 Å². The molecule has 0 N–H and O–H groups in total. The van der Waals surface area contributed by atoms with Crippen molar-refractivity contribution < 1.29 is 9.47 Å². The highest BCUT2D eigenvalue weighted by molar-refractivity contribution is 15.0. The summed E-state index contributed by atoms with van der Waals surface area (Å²) in [7, 11) is 0. The number of hydrogen-bond acceptors (Lipinski definition) is 4. The van der Waals surface area contributed by atoms with Gasteiger partial charge in [0.1, 0.15) is 15.2 Å². The molecular weight excluding hydrogens is 729 g/mol. The maximum atomic E-state index is 5.76. The third kappa shape index (κ3) is 7.55. The van der Waals surface area contributed by atoms with Crippen molar-refractivity contribution in [3.8, 4) is 11.5 Å². The van der Waals surface area contributed by atoms with Crippen molar-refractivity contribution in [3.63, 3.8) is 0 Å². The summed E-state index contributed by atoms with van der Waals surface area (Å²) >= 11 is 6.52. The molecule has 168 valence electrons. The van der Waals surface area contributed by atoms with Gasteiger partial charge in [0.25, 0.3) is 0 Å².